The zero-order valence-corrected chi connectivity index (χ0v) is 28.5. The summed E-state index contributed by atoms with van der Waals surface area (Å²) in [7, 11) is 1.40. The van der Waals surface area contributed by atoms with E-state index in [1.807, 2.05) is 0 Å². The van der Waals surface area contributed by atoms with Gasteiger partial charge in [-0.05, 0) is 122 Å². The van der Waals surface area contributed by atoms with Gasteiger partial charge in [-0.15, -0.1) is 0 Å². The molecule has 0 aromatic heterocycles. The van der Waals surface area contributed by atoms with Gasteiger partial charge in [0.05, 0.1) is 18.1 Å². The first kappa shape index (κ1) is 32.9. The van der Waals surface area contributed by atoms with Crippen LogP contribution in [0.2, 0.25) is 0 Å². The summed E-state index contributed by atoms with van der Waals surface area (Å²) in [5, 5.41) is 30.5. The minimum Gasteiger partial charge on any atom is -0.504 e. The van der Waals surface area contributed by atoms with E-state index in [1.165, 1.54) is 25.3 Å². The van der Waals surface area contributed by atoms with Crippen LogP contribution in [-0.4, -0.2) is 46.4 Å². The van der Waals surface area contributed by atoms with E-state index in [0.29, 0.717) is 12.8 Å². The van der Waals surface area contributed by atoms with Crippen LogP contribution in [0.5, 0.6) is 11.5 Å². The Morgan fingerprint density at radius 1 is 0.870 bits per heavy atom. The van der Waals surface area contributed by atoms with Crippen molar-refractivity contribution < 1.29 is 39.2 Å². The Bertz CT molecular complexity index is 1480. The van der Waals surface area contributed by atoms with Gasteiger partial charge in [-0.3, -0.25) is 9.59 Å². The molecule has 8 nitrogen and oxygen atoms in total. The van der Waals surface area contributed by atoms with E-state index < -0.39 is 46.0 Å². The molecule has 1 aromatic rings. The number of carboxylic acids is 1. The third kappa shape index (κ3) is 4.06. The van der Waals surface area contributed by atoms with Gasteiger partial charge in [0, 0.05) is 5.41 Å². The molecule has 252 valence electrons. The van der Waals surface area contributed by atoms with Gasteiger partial charge in [0.25, 0.3) is 0 Å². The number of hydrogen-bond acceptors (Lipinski definition) is 7. The van der Waals surface area contributed by atoms with Crippen LogP contribution in [0.25, 0.3) is 0 Å². The van der Waals surface area contributed by atoms with Crippen molar-refractivity contribution in [1.82, 2.24) is 0 Å². The zero-order chi connectivity index (χ0) is 33.8. The number of carbonyl (C=O) groups excluding carboxylic acids is 2. The van der Waals surface area contributed by atoms with Crippen molar-refractivity contribution in [2.75, 3.05) is 7.11 Å². The minimum atomic E-state index is -0.764. The fourth-order valence-corrected chi connectivity index (χ4v) is 12.9. The molecule has 6 rings (SSSR count). The lowest BCUT2D eigenvalue weighted by Gasteiger charge is -2.70. The number of benzene rings is 1. The third-order valence-electron chi connectivity index (χ3n) is 15.2. The second-order valence-corrected chi connectivity index (χ2v) is 16.9. The topological polar surface area (TPSA) is 130 Å². The molecule has 5 fully saturated rings. The molecule has 11 unspecified atom stereocenters. The Balaban J connectivity index is 1.41. The summed E-state index contributed by atoms with van der Waals surface area (Å²) in [6.45, 7) is 17.6. The van der Waals surface area contributed by atoms with E-state index in [0.717, 1.165) is 44.1 Å². The van der Waals surface area contributed by atoms with E-state index in [1.54, 1.807) is 0 Å². The number of phenols is 2. The fourth-order valence-electron chi connectivity index (χ4n) is 12.9. The Morgan fingerprint density at radius 2 is 1.57 bits per heavy atom. The summed E-state index contributed by atoms with van der Waals surface area (Å²) in [4.78, 5) is 40.5. The number of fused-ring (bicyclic) bond motifs is 7. The maximum Gasteiger partial charge on any atom is 0.338 e. The molecular weight excluding hydrogens is 584 g/mol. The van der Waals surface area contributed by atoms with Crippen LogP contribution in [0.3, 0.4) is 0 Å². The van der Waals surface area contributed by atoms with Crippen molar-refractivity contribution in [3.8, 4) is 11.5 Å². The predicted octanol–water partition coefficient (Wildman–Crippen LogP) is 7.37. The molecule has 5 saturated carbocycles. The number of aliphatic carboxylic acids is 1. The lowest BCUT2D eigenvalue weighted by molar-refractivity contribution is -0.228. The normalized spacial score (nSPS) is 43.8. The molecule has 0 heterocycles. The van der Waals surface area contributed by atoms with E-state index in [-0.39, 0.29) is 57.7 Å². The fraction of sp³-hybridized carbons (Fsp3) is 0.711. The second kappa shape index (κ2) is 10.5. The van der Waals surface area contributed by atoms with Gasteiger partial charge in [0.15, 0.2) is 11.5 Å². The van der Waals surface area contributed by atoms with Gasteiger partial charge in [-0.1, -0.05) is 46.8 Å². The van der Waals surface area contributed by atoms with Crippen LogP contribution in [-0.2, 0) is 19.1 Å². The van der Waals surface area contributed by atoms with Gasteiger partial charge in [-0.2, -0.15) is 0 Å². The van der Waals surface area contributed by atoms with Crippen LogP contribution in [0.15, 0.2) is 30.4 Å². The number of carbonyl (C=O) groups is 3. The van der Waals surface area contributed by atoms with Crippen LogP contribution in [0, 0.1) is 62.6 Å². The number of ether oxygens (including phenoxy) is 2. The molecule has 1 aromatic carbocycles. The number of allylic oxidation sites excluding steroid dienone is 1. The van der Waals surface area contributed by atoms with Gasteiger partial charge in [0.1, 0.15) is 12.0 Å². The van der Waals surface area contributed by atoms with Gasteiger partial charge < -0.3 is 24.8 Å². The monoisotopic (exact) mass is 636 g/mol. The van der Waals surface area contributed by atoms with Crippen LogP contribution in [0.4, 0.5) is 0 Å². The Morgan fingerprint density at radius 3 is 2.17 bits per heavy atom. The Labute approximate surface area is 272 Å². The van der Waals surface area contributed by atoms with Crippen molar-refractivity contribution in [2.24, 2.45) is 62.6 Å². The summed E-state index contributed by atoms with van der Waals surface area (Å²) >= 11 is 0. The highest BCUT2D eigenvalue weighted by Crippen LogP contribution is 2.79. The van der Waals surface area contributed by atoms with Gasteiger partial charge in [-0.25, -0.2) is 4.79 Å². The SMILES string of the molecule is C=C(C)C1CCC2(C(=O)O)CCC3(C)C(CCC4C5(C)C(C(=O)OC)C(OC(=O)c6ccc(O)c(O)c6)C(C)(C)C5CCC43C)C12. The lowest BCUT2D eigenvalue weighted by Crippen LogP contribution is -2.65. The number of phenolic OH excluding ortho intramolecular Hbond substituents is 2. The molecule has 0 amide bonds. The van der Waals surface area contributed by atoms with Gasteiger partial charge in [0.2, 0.25) is 0 Å². The van der Waals surface area contributed by atoms with Crippen molar-refractivity contribution in [2.45, 2.75) is 99.0 Å². The molecule has 8 heteroatoms. The van der Waals surface area contributed by atoms with Crippen molar-refractivity contribution >= 4 is 17.9 Å². The van der Waals surface area contributed by atoms with Crippen LogP contribution < -0.4 is 0 Å². The average Bonchev–Trinajstić information content (AvgIpc) is 3.46. The lowest BCUT2D eigenvalue weighted by atomic mass is 9.34. The first-order valence-electron chi connectivity index (χ1n) is 17.1. The number of carboxylic acid groups (broad SMARTS) is 1. The van der Waals surface area contributed by atoms with Crippen molar-refractivity contribution in [3.05, 3.63) is 35.9 Å². The number of methoxy groups -OCH3 is 1. The molecular formula is C38H52O8. The first-order chi connectivity index (χ1) is 21.4. The highest BCUT2D eigenvalue weighted by molar-refractivity contribution is 5.90. The Hall–Kier alpha value is -3.03. The molecule has 11 atom stereocenters. The largest absolute Gasteiger partial charge is 0.504 e. The minimum absolute atomic E-state index is 0.0522. The van der Waals surface area contributed by atoms with Gasteiger partial charge >= 0.3 is 17.9 Å². The molecule has 46 heavy (non-hydrogen) atoms. The molecule has 0 spiro atoms. The number of aromatic hydroxyl groups is 2. The van der Waals surface area contributed by atoms with E-state index in [9.17, 15) is 29.7 Å². The first-order valence-corrected chi connectivity index (χ1v) is 17.1. The molecule has 5 aliphatic rings. The zero-order valence-electron chi connectivity index (χ0n) is 28.5. The summed E-state index contributed by atoms with van der Waals surface area (Å²) in [5.41, 5.74) is -0.903. The van der Waals surface area contributed by atoms with E-state index in [2.05, 4.69) is 48.1 Å². The summed E-state index contributed by atoms with van der Waals surface area (Å²) in [6.07, 6.45) is 5.91. The standard InChI is InChI=1S/C38H52O8/c1-20(2)22-13-16-38(33(43)44)18-17-35(5)23(28(22)38)10-12-27-36(35,6)15-14-26-34(3,4)30(29(32(42)45-8)37(26,27)7)46-31(41)21-9-11-24(39)25(40)19-21/h9,11,19,22-23,26-30,39-40H,1,10,12-18H2,2-8H3,(H,43,44). The van der Waals surface area contributed by atoms with E-state index in [4.69, 9.17) is 9.47 Å². The van der Waals surface area contributed by atoms with Crippen molar-refractivity contribution in [1.29, 1.82) is 0 Å². The van der Waals surface area contributed by atoms with E-state index >= 15 is 0 Å². The molecule has 0 bridgehead atoms. The van der Waals surface area contributed by atoms with Crippen LogP contribution >= 0.6 is 0 Å². The average molecular weight is 637 g/mol. The predicted molar refractivity (Wildman–Crippen MR) is 172 cm³/mol. The number of rotatable bonds is 5. The number of esters is 2. The molecule has 5 aliphatic carbocycles. The maximum atomic E-state index is 14.0. The molecule has 3 N–H and O–H groups in total. The smallest absolute Gasteiger partial charge is 0.338 e. The molecule has 0 aliphatic heterocycles. The highest BCUT2D eigenvalue weighted by Gasteiger charge is 2.76. The second-order valence-electron chi connectivity index (χ2n) is 16.9. The quantitative estimate of drug-likeness (QED) is 0.173. The summed E-state index contributed by atoms with van der Waals surface area (Å²) < 4.78 is 11.8. The third-order valence-corrected chi connectivity index (χ3v) is 15.2. The Kier molecular flexibility index (Phi) is 7.50. The van der Waals surface area contributed by atoms with Crippen molar-refractivity contribution in [3.63, 3.8) is 0 Å². The highest BCUT2D eigenvalue weighted by atomic mass is 16.6. The molecule has 0 radical (unpaired) electrons. The summed E-state index contributed by atoms with van der Waals surface area (Å²) in [6, 6.07) is 3.84. The van der Waals surface area contributed by atoms with Crippen LogP contribution in [0.1, 0.15) is 103 Å². The summed E-state index contributed by atoms with van der Waals surface area (Å²) in [5.74, 6) is -2.44. The molecule has 0 saturated heterocycles. The maximum absolute atomic E-state index is 14.0. The number of hydrogen-bond donors (Lipinski definition) is 3.